The van der Waals surface area contributed by atoms with Gasteiger partial charge in [-0.05, 0) is 43.4 Å². The molecule has 2 fully saturated rings. The quantitative estimate of drug-likeness (QED) is 0.590. The van der Waals surface area contributed by atoms with Gasteiger partial charge < -0.3 is 19.3 Å². The largest absolute Gasteiger partial charge is 0.384 e. The molecule has 7 nitrogen and oxygen atoms in total. The number of rotatable bonds is 8. The van der Waals surface area contributed by atoms with Crippen molar-refractivity contribution in [3.8, 4) is 17.2 Å². The van der Waals surface area contributed by atoms with Crippen molar-refractivity contribution in [3.63, 3.8) is 0 Å². The molecule has 4 rings (SSSR count). The number of pyridine rings is 1. The van der Waals surface area contributed by atoms with Gasteiger partial charge in [-0.1, -0.05) is 24.3 Å². The van der Waals surface area contributed by atoms with Crippen LogP contribution in [0.1, 0.15) is 54.5 Å². The van der Waals surface area contributed by atoms with Crippen molar-refractivity contribution in [1.29, 1.82) is 5.26 Å². The van der Waals surface area contributed by atoms with Gasteiger partial charge in [0.05, 0.1) is 30.9 Å². The highest BCUT2D eigenvalue weighted by Gasteiger charge is 2.34. The Morgan fingerprint density at radius 2 is 1.97 bits per heavy atom. The van der Waals surface area contributed by atoms with Crippen LogP contribution in [0.25, 0.3) is 11.1 Å². The number of nitriles is 1. The molecule has 2 heterocycles. The molecule has 1 aromatic carbocycles. The summed E-state index contributed by atoms with van der Waals surface area (Å²) in [6.07, 6.45) is 2.63. The molecule has 2 aromatic rings. The maximum atomic E-state index is 12.6. The van der Waals surface area contributed by atoms with Crippen LogP contribution in [0.15, 0.2) is 24.3 Å². The van der Waals surface area contributed by atoms with Crippen LogP contribution < -0.4 is 4.90 Å². The van der Waals surface area contributed by atoms with Crippen LogP contribution in [0.2, 0.25) is 0 Å². The molecule has 0 N–H and O–H groups in total. The molecular formula is C27H34N4O3. The fourth-order valence-electron chi connectivity index (χ4n) is 4.96. The van der Waals surface area contributed by atoms with Crippen LogP contribution in [0, 0.1) is 18.3 Å². The molecule has 2 aliphatic rings. The van der Waals surface area contributed by atoms with E-state index in [0.29, 0.717) is 50.8 Å². The first-order chi connectivity index (χ1) is 16.5. The van der Waals surface area contributed by atoms with Gasteiger partial charge in [0, 0.05) is 51.4 Å². The number of anilines is 1. The van der Waals surface area contributed by atoms with Crippen LogP contribution in [0.4, 0.5) is 5.82 Å². The Labute approximate surface area is 202 Å². The van der Waals surface area contributed by atoms with E-state index in [4.69, 9.17) is 14.5 Å². The van der Waals surface area contributed by atoms with Gasteiger partial charge in [-0.2, -0.15) is 5.26 Å². The Balaban J connectivity index is 1.71. The second kappa shape index (κ2) is 10.5. The maximum Gasteiger partial charge on any atom is 0.225 e. The van der Waals surface area contributed by atoms with Gasteiger partial charge in [0.15, 0.2) is 0 Å². The lowest BCUT2D eigenvalue weighted by Crippen LogP contribution is -2.54. The van der Waals surface area contributed by atoms with Crippen molar-refractivity contribution >= 4 is 11.7 Å². The molecule has 7 heteroatoms. The van der Waals surface area contributed by atoms with Crippen molar-refractivity contribution in [3.05, 3.63) is 46.6 Å². The van der Waals surface area contributed by atoms with E-state index in [1.165, 1.54) is 0 Å². The first-order valence-electron chi connectivity index (χ1n) is 12.0. The van der Waals surface area contributed by atoms with Crippen LogP contribution in [0.3, 0.4) is 0 Å². The van der Waals surface area contributed by atoms with E-state index in [1.54, 1.807) is 14.2 Å². The third-order valence-electron chi connectivity index (χ3n) is 6.89. The van der Waals surface area contributed by atoms with Crippen molar-refractivity contribution in [2.75, 3.05) is 45.4 Å². The summed E-state index contributed by atoms with van der Waals surface area (Å²) in [5.41, 5.74) is 5.96. The molecule has 1 aliphatic carbocycles. The lowest BCUT2D eigenvalue weighted by molar-refractivity contribution is -0.134. The summed E-state index contributed by atoms with van der Waals surface area (Å²) in [6.45, 7) is 6.99. The number of ether oxygens (including phenoxy) is 2. The molecule has 1 saturated heterocycles. The number of hydrogen-bond donors (Lipinski definition) is 0. The van der Waals surface area contributed by atoms with Gasteiger partial charge in [0.1, 0.15) is 11.9 Å². The van der Waals surface area contributed by atoms with E-state index in [-0.39, 0.29) is 11.9 Å². The monoisotopic (exact) mass is 462 g/mol. The zero-order valence-electron chi connectivity index (χ0n) is 20.6. The number of nitrogens with zero attached hydrogens (tertiary/aromatic N) is 4. The van der Waals surface area contributed by atoms with Gasteiger partial charge in [-0.3, -0.25) is 4.79 Å². The number of aromatic nitrogens is 1. The normalized spacial score (nSPS) is 18.1. The first kappa shape index (κ1) is 24.2. The first-order valence-corrected chi connectivity index (χ1v) is 12.0. The minimum atomic E-state index is 0.0400. The summed E-state index contributed by atoms with van der Waals surface area (Å²) in [6, 6.07) is 10.7. The van der Waals surface area contributed by atoms with E-state index < -0.39 is 0 Å². The Kier molecular flexibility index (Phi) is 7.50. The van der Waals surface area contributed by atoms with Crippen molar-refractivity contribution < 1.29 is 14.3 Å². The zero-order valence-corrected chi connectivity index (χ0v) is 20.6. The summed E-state index contributed by atoms with van der Waals surface area (Å²) in [7, 11) is 3.31. The van der Waals surface area contributed by atoms with Crippen molar-refractivity contribution in [2.45, 2.75) is 51.7 Å². The highest BCUT2D eigenvalue weighted by Crippen LogP contribution is 2.47. The average molecular weight is 463 g/mol. The minimum Gasteiger partial charge on any atom is -0.384 e. The molecule has 0 spiro atoms. The highest BCUT2D eigenvalue weighted by atomic mass is 16.5. The van der Waals surface area contributed by atoms with Crippen molar-refractivity contribution in [2.24, 2.45) is 0 Å². The van der Waals surface area contributed by atoms with Gasteiger partial charge in [-0.15, -0.1) is 0 Å². The van der Waals surface area contributed by atoms with Crippen LogP contribution >= 0.6 is 0 Å². The van der Waals surface area contributed by atoms with E-state index >= 15 is 0 Å². The highest BCUT2D eigenvalue weighted by molar-refractivity contribution is 5.79. The smallest absolute Gasteiger partial charge is 0.225 e. The van der Waals surface area contributed by atoms with Crippen LogP contribution in [-0.4, -0.2) is 62.3 Å². The predicted octanol–water partition coefficient (Wildman–Crippen LogP) is 4.03. The van der Waals surface area contributed by atoms with E-state index in [2.05, 4.69) is 30.0 Å². The molecule has 1 aromatic heterocycles. The average Bonchev–Trinajstić information content (AvgIpc) is 3.68. The Morgan fingerprint density at radius 3 is 2.62 bits per heavy atom. The predicted molar refractivity (Wildman–Crippen MR) is 132 cm³/mol. The Hall–Kier alpha value is -2.95. The van der Waals surface area contributed by atoms with E-state index in [1.807, 2.05) is 24.0 Å². The molecular weight excluding hydrogens is 428 g/mol. The van der Waals surface area contributed by atoms with Gasteiger partial charge in [0.25, 0.3) is 0 Å². The SMILES string of the molecule is COCCC(=O)N1CCN(c2nc(C3CC3)c(-c3ccccc3COC)c(C)c2C#N)CC1C. The van der Waals surface area contributed by atoms with Crippen LogP contribution in [-0.2, 0) is 20.9 Å². The Morgan fingerprint density at radius 1 is 1.21 bits per heavy atom. The second-order valence-corrected chi connectivity index (χ2v) is 9.30. The number of hydrogen-bond acceptors (Lipinski definition) is 6. The van der Waals surface area contributed by atoms with Crippen LogP contribution in [0.5, 0.6) is 0 Å². The third kappa shape index (κ3) is 4.79. The van der Waals surface area contributed by atoms with E-state index in [9.17, 15) is 10.1 Å². The molecule has 180 valence electrons. The molecule has 34 heavy (non-hydrogen) atoms. The molecule has 1 saturated carbocycles. The van der Waals surface area contributed by atoms with Gasteiger partial charge in [0.2, 0.25) is 5.91 Å². The van der Waals surface area contributed by atoms with E-state index in [0.717, 1.165) is 46.6 Å². The summed E-state index contributed by atoms with van der Waals surface area (Å²) in [5, 5.41) is 10.2. The molecule has 0 radical (unpaired) electrons. The molecule has 1 atom stereocenters. The number of amides is 1. The Bertz CT molecular complexity index is 1090. The standard InChI is InChI=1S/C27H34N4O3/c1-18-16-30(12-13-31(18)24(32)11-14-33-3)27-23(15-28)19(2)25(26(29-27)20-9-10-20)22-8-6-5-7-21(22)17-34-4/h5-8,18,20H,9-14,16-17H2,1-4H3. The summed E-state index contributed by atoms with van der Waals surface area (Å²) in [5.74, 6) is 1.29. The molecule has 0 bridgehead atoms. The number of benzene rings is 1. The third-order valence-corrected chi connectivity index (χ3v) is 6.89. The fourth-order valence-corrected chi connectivity index (χ4v) is 4.96. The summed E-state index contributed by atoms with van der Waals surface area (Å²) < 4.78 is 10.5. The lowest BCUT2D eigenvalue weighted by Gasteiger charge is -2.41. The number of methoxy groups -OCH3 is 2. The van der Waals surface area contributed by atoms with Crippen molar-refractivity contribution in [1.82, 2.24) is 9.88 Å². The zero-order chi connectivity index (χ0) is 24.2. The molecule has 1 aliphatic heterocycles. The maximum absolute atomic E-state index is 12.6. The topological polar surface area (TPSA) is 78.7 Å². The minimum absolute atomic E-state index is 0.0400. The summed E-state index contributed by atoms with van der Waals surface area (Å²) in [4.78, 5) is 21.8. The number of carbonyl (C=O) groups is 1. The second-order valence-electron chi connectivity index (χ2n) is 9.30. The number of carbonyl (C=O) groups excluding carboxylic acids is 1. The number of piperazine rings is 1. The molecule has 1 amide bonds. The lowest BCUT2D eigenvalue weighted by atomic mass is 9.90. The summed E-state index contributed by atoms with van der Waals surface area (Å²) >= 11 is 0. The van der Waals surface area contributed by atoms with Gasteiger partial charge in [-0.25, -0.2) is 4.98 Å². The molecule has 1 unspecified atom stereocenters. The van der Waals surface area contributed by atoms with Gasteiger partial charge >= 0.3 is 0 Å². The fraction of sp³-hybridized carbons (Fsp3) is 0.519.